The topological polar surface area (TPSA) is 58.9 Å². The summed E-state index contributed by atoms with van der Waals surface area (Å²) < 4.78 is 10.3. The fourth-order valence-electron chi connectivity index (χ4n) is 1.72. The van der Waals surface area contributed by atoms with E-state index in [9.17, 15) is 10.2 Å². The molecule has 0 radical (unpaired) electrons. The Labute approximate surface area is 100 Å². The molecule has 1 aromatic rings. The summed E-state index contributed by atoms with van der Waals surface area (Å²) >= 11 is 0. The predicted molar refractivity (Wildman–Crippen MR) is 63.8 cm³/mol. The molecule has 0 aromatic heterocycles. The van der Waals surface area contributed by atoms with Gasteiger partial charge in [-0.2, -0.15) is 0 Å². The molecule has 1 fully saturated rings. The molecule has 4 heteroatoms. The van der Waals surface area contributed by atoms with Gasteiger partial charge in [0.25, 0.3) is 0 Å². The molecule has 0 spiro atoms. The quantitative estimate of drug-likeness (QED) is 0.816. The van der Waals surface area contributed by atoms with Crippen molar-refractivity contribution in [3.05, 3.63) is 35.9 Å². The predicted octanol–water partition coefficient (Wildman–Crippen LogP) is 0.829. The highest BCUT2D eigenvalue weighted by atomic mass is 16.5. The van der Waals surface area contributed by atoms with Gasteiger partial charge in [0.05, 0.1) is 13.7 Å². The average Bonchev–Trinajstić information content (AvgIpc) is 2.68. The lowest BCUT2D eigenvalue weighted by molar-refractivity contribution is 0.0422. The highest BCUT2D eigenvalue weighted by molar-refractivity contribution is 5.51. The highest BCUT2D eigenvalue weighted by Crippen LogP contribution is 2.17. The second-order valence-corrected chi connectivity index (χ2v) is 3.99. The number of methoxy groups -OCH3 is 1. The number of ether oxygens (including phenoxy) is 2. The third kappa shape index (κ3) is 2.85. The molecule has 2 rings (SSSR count). The van der Waals surface area contributed by atoms with Gasteiger partial charge < -0.3 is 19.7 Å². The maximum Gasteiger partial charge on any atom is 0.118 e. The van der Waals surface area contributed by atoms with Crippen LogP contribution in [0, 0.1) is 0 Å². The summed E-state index contributed by atoms with van der Waals surface area (Å²) in [5, 5.41) is 18.9. The van der Waals surface area contributed by atoms with Gasteiger partial charge in [-0.3, -0.25) is 0 Å². The van der Waals surface area contributed by atoms with Gasteiger partial charge in [0, 0.05) is 0 Å². The van der Waals surface area contributed by atoms with Crippen LogP contribution in [0.15, 0.2) is 30.3 Å². The maximum atomic E-state index is 9.57. The number of aliphatic hydroxyl groups excluding tert-OH is 2. The van der Waals surface area contributed by atoms with E-state index in [1.807, 2.05) is 30.3 Å². The highest BCUT2D eigenvalue weighted by Gasteiger charge is 2.32. The van der Waals surface area contributed by atoms with E-state index >= 15 is 0 Å². The zero-order valence-electron chi connectivity index (χ0n) is 9.61. The largest absolute Gasteiger partial charge is 0.497 e. The van der Waals surface area contributed by atoms with Crippen molar-refractivity contribution in [2.75, 3.05) is 13.7 Å². The van der Waals surface area contributed by atoms with Crippen LogP contribution in [0.1, 0.15) is 5.56 Å². The summed E-state index contributed by atoms with van der Waals surface area (Å²) in [6, 6.07) is 7.54. The van der Waals surface area contributed by atoms with Crippen LogP contribution in [0.25, 0.3) is 6.08 Å². The van der Waals surface area contributed by atoms with E-state index in [4.69, 9.17) is 9.47 Å². The van der Waals surface area contributed by atoms with E-state index in [1.165, 1.54) is 0 Å². The number of hydrogen-bond acceptors (Lipinski definition) is 4. The van der Waals surface area contributed by atoms with E-state index in [0.717, 1.165) is 11.3 Å². The third-order valence-corrected chi connectivity index (χ3v) is 2.78. The first-order chi connectivity index (χ1) is 8.20. The van der Waals surface area contributed by atoms with Crippen LogP contribution in [0.3, 0.4) is 0 Å². The normalized spacial score (nSPS) is 28.8. The van der Waals surface area contributed by atoms with Gasteiger partial charge in [-0.05, 0) is 17.7 Å². The molecular formula is C13H16O4. The molecule has 17 heavy (non-hydrogen) atoms. The van der Waals surface area contributed by atoms with Crippen LogP contribution in [-0.4, -0.2) is 42.2 Å². The van der Waals surface area contributed by atoms with Gasteiger partial charge in [0.15, 0.2) is 0 Å². The van der Waals surface area contributed by atoms with E-state index in [-0.39, 0.29) is 6.61 Å². The van der Waals surface area contributed by atoms with Gasteiger partial charge in [-0.15, -0.1) is 0 Å². The van der Waals surface area contributed by atoms with E-state index in [1.54, 1.807) is 13.2 Å². The zero-order valence-corrected chi connectivity index (χ0v) is 9.61. The Morgan fingerprint density at radius 1 is 1.29 bits per heavy atom. The lowest BCUT2D eigenvalue weighted by Gasteiger charge is -2.09. The van der Waals surface area contributed by atoms with E-state index in [0.29, 0.717) is 0 Å². The van der Waals surface area contributed by atoms with Crippen LogP contribution in [0.2, 0.25) is 0 Å². The molecule has 0 amide bonds. The van der Waals surface area contributed by atoms with Crippen LogP contribution < -0.4 is 4.74 Å². The van der Waals surface area contributed by atoms with Gasteiger partial charge in [-0.25, -0.2) is 0 Å². The van der Waals surface area contributed by atoms with E-state index in [2.05, 4.69) is 0 Å². The van der Waals surface area contributed by atoms with Crippen molar-refractivity contribution in [1.82, 2.24) is 0 Å². The molecule has 1 aromatic carbocycles. The van der Waals surface area contributed by atoms with Gasteiger partial charge in [-0.1, -0.05) is 24.3 Å². The number of rotatable bonds is 3. The SMILES string of the molecule is COc1ccc(/C=C/C2OC[C@@H](O)[C@@H]2O)cc1. The Bertz CT molecular complexity index is 385. The lowest BCUT2D eigenvalue weighted by Crippen LogP contribution is -2.28. The molecule has 4 nitrogen and oxygen atoms in total. The molecule has 2 N–H and O–H groups in total. The molecular weight excluding hydrogens is 220 g/mol. The summed E-state index contributed by atoms with van der Waals surface area (Å²) in [5.41, 5.74) is 0.989. The Kier molecular flexibility index (Phi) is 3.78. The Hall–Kier alpha value is -1.36. The van der Waals surface area contributed by atoms with Crippen molar-refractivity contribution in [2.24, 2.45) is 0 Å². The fourth-order valence-corrected chi connectivity index (χ4v) is 1.72. The maximum absolute atomic E-state index is 9.57. The second-order valence-electron chi connectivity index (χ2n) is 3.99. The molecule has 0 bridgehead atoms. The van der Waals surface area contributed by atoms with E-state index < -0.39 is 18.3 Å². The number of benzene rings is 1. The molecule has 92 valence electrons. The minimum atomic E-state index is -0.843. The van der Waals surface area contributed by atoms with Crippen molar-refractivity contribution in [1.29, 1.82) is 0 Å². The Morgan fingerprint density at radius 3 is 2.53 bits per heavy atom. The molecule has 1 heterocycles. The van der Waals surface area contributed by atoms with Gasteiger partial charge in [0.2, 0.25) is 0 Å². The van der Waals surface area contributed by atoms with Crippen LogP contribution in [-0.2, 0) is 4.74 Å². The molecule has 1 aliphatic rings. The number of aliphatic hydroxyl groups is 2. The average molecular weight is 236 g/mol. The van der Waals surface area contributed by atoms with Gasteiger partial charge >= 0.3 is 0 Å². The third-order valence-electron chi connectivity index (χ3n) is 2.78. The van der Waals surface area contributed by atoms with Crippen LogP contribution >= 0.6 is 0 Å². The summed E-state index contributed by atoms with van der Waals surface area (Å²) in [4.78, 5) is 0. The summed E-state index contributed by atoms with van der Waals surface area (Å²) in [7, 11) is 1.62. The van der Waals surface area contributed by atoms with Crippen molar-refractivity contribution < 1.29 is 19.7 Å². The van der Waals surface area contributed by atoms with Crippen molar-refractivity contribution in [3.63, 3.8) is 0 Å². The summed E-state index contributed by atoms with van der Waals surface area (Å²) in [6.45, 7) is 0.179. The van der Waals surface area contributed by atoms with Crippen LogP contribution in [0.4, 0.5) is 0 Å². The standard InChI is InChI=1S/C13H16O4/c1-16-10-5-2-9(3-6-10)4-7-12-13(15)11(14)8-17-12/h2-7,11-15H,8H2,1H3/b7-4+/t11-,12?,13+/m1/s1. The first kappa shape index (κ1) is 12.1. The Balaban J connectivity index is 2.00. The molecule has 0 saturated carbocycles. The lowest BCUT2D eigenvalue weighted by atomic mass is 10.1. The Morgan fingerprint density at radius 2 is 2.00 bits per heavy atom. The first-order valence-electron chi connectivity index (χ1n) is 5.50. The van der Waals surface area contributed by atoms with Crippen molar-refractivity contribution >= 4 is 6.08 Å². The van der Waals surface area contributed by atoms with Crippen LogP contribution in [0.5, 0.6) is 5.75 Å². The number of hydrogen-bond donors (Lipinski definition) is 2. The summed E-state index contributed by atoms with van der Waals surface area (Å²) in [6.07, 6.45) is 1.53. The minimum absolute atomic E-state index is 0.179. The molecule has 1 saturated heterocycles. The smallest absolute Gasteiger partial charge is 0.118 e. The first-order valence-corrected chi connectivity index (χ1v) is 5.50. The molecule has 3 atom stereocenters. The van der Waals surface area contributed by atoms with Gasteiger partial charge in [0.1, 0.15) is 24.1 Å². The second kappa shape index (κ2) is 5.31. The molecule has 1 aliphatic heterocycles. The molecule has 1 unspecified atom stereocenters. The summed E-state index contributed by atoms with van der Waals surface area (Å²) in [5.74, 6) is 0.801. The fraction of sp³-hybridized carbons (Fsp3) is 0.385. The monoisotopic (exact) mass is 236 g/mol. The van der Waals surface area contributed by atoms with Crippen molar-refractivity contribution in [2.45, 2.75) is 18.3 Å². The minimum Gasteiger partial charge on any atom is -0.497 e. The van der Waals surface area contributed by atoms with Crippen molar-refractivity contribution in [3.8, 4) is 5.75 Å². The molecule has 0 aliphatic carbocycles. The zero-order chi connectivity index (χ0) is 12.3.